The molecule has 88 valence electrons. The normalized spacial score (nSPS) is 28.6. The SMILES string of the molecule is CCOC1C(N)CC1Oc1ccc(Cl)cc1. The Kier molecular flexibility index (Phi) is 3.69. The molecule has 3 unspecified atom stereocenters. The van der Waals surface area contributed by atoms with E-state index in [0.717, 1.165) is 12.2 Å². The van der Waals surface area contributed by atoms with Gasteiger partial charge in [-0.3, -0.25) is 0 Å². The quantitative estimate of drug-likeness (QED) is 0.879. The molecule has 0 aromatic heterocycles. The minimum Gasteiger partial charge on any atom is -0.488 e. The summed E-state index contributed by atoms with van der Waals surface area (Å²) in [4.78, 5) is 0. The lowest BCUT2D eigenvalue weighted by Crippen LogP contribution is -2.59. The Balaban J connectivity index is 1.92. The van der Waals surface area contributed by atoms with E-state index in [4.69, 9.17) is 26.8 Å². The molecule has 4 heteroatoms. The third-order valence-corrected chi connectivity index (χ3v) is 3.01. The molecule has 0 saturated heterocycles. The van der Waals surface area contributed by atoms with Crippen LogP contribution in [-0.2, 0) is 4.74 Å². The molecule has 0 heterocycles. The Morgan fingerprint density at radius 2 is 2.06 bits per heavy atom. The third kappa shape index (κ3) is 2.48. The Morgan fingerprint density at radius 1 is 1.38 bits per heavy atom. The van der Waals surface area contributed by atoms with Crippen molar-refractivity contribution in [3.63, 3.8) is 0 Å². The van der Waals surface area contributed by atoms with Crippen LogP contribution in [0, 0.1) is 0 Å². The average molecular weight is 242 g/mol. The van der Waals surface area contributed by atoms with E-state index in [1.165, 1.54) is 0 Å². The summed E-state index contributed by atoms with van der Waals surface area (Å²) < 4.78 is 11.3. The summed E-state index contributed by atoms with van der Waals surface area (Å²) in [6.45, 7) is 2.63. The van der Waals surface area contributed by atoms with Gasteiger partial charge in [-0.05, 0) is 31.2 Å². The maximum atomic E-state index is 5.85. The van der Waals surface area contributed by atoms with Gasteiger partial charge in [-0.15, -0.1) is 0 Å². The predicted octanol–water partition coefficient (Wildman–Crippen LogP) is 2.22. The number of nitrogens with two attached hydrogens (primary N) is 1. The van der Waals surface area contributed by atoms with Crippen LogP contribution in [0.15, 0.2) is 24.3 Å². The topological polar surface area (TPSA) is 44.5 Å². The summed E-state index contributed by atoms with van der Waals surface area (Å²) in [5, 5.41) is 0.707. The molecule has 3 atom stereocenters. The van der Waals surface area contributed by atoms with Crippen LogP contribution < -0.4 is 10.5 Å². The van der Waals surface area contributed by atoms with E-state index in [1.54, 1.807) is 0 Å². The molecular weight excluding hydrogens is 226 g/mol. The molecule has 1 fully saturated rings. The fourth-order valence-corrected chi connectivity index (χ4v) is 1.97. The van der Waals surface area contributed by atoms with Crippen molar-refractivity contribution in [3.05, 3.63) is 29.3 Å². The van der Waals surface area contributed by atoms with E-state index in [9.17, 15) is 0 Å². The second-order valence-corrected chi connectivity index (χ2v) is 4.37. The molecule has 1 aliphatic carbocycles. The van der Waals surface area contributed by atoms with Gasteiger partial charge in [0.25, 0.3) is 0 Å². The van der Waals surface area contributed by atoms with Gasteiger partial charge in [-0.2, -0.15) is 0 Å². The summed E-state index contributed by atoms with van der Waals surface area (Å²) in [6, 6.07) is 7.43. The average Bonchev–Trinajstić information content (AvgIpc) is 2.28. The fourth-order valence-electron chi connectivity index (χ4n) is 1.84. The molecule has 1 aliphatic rings. The molecule has 0 bridgehead atoms. The van der Waals surface area contributed by atoms with Gasteiger partial charge in [0.05, 0.1) is 0 Å². The number of rotatable bonds is 4. The zero-order valence-corrected chi connectivity index (χ0v) is 9.98. The smallest absolute Gasteiger partial charge is 0.128 e. The van der Waals surface area contributed by atoms with Crippen molar-refractivity contribution in [3.8, 4) is 5.75 Å². The third-order valence-electron chi connectivity index (χ3n) is 2.75. The van der Waals surface area contributed by atoms with Crippen molar-refractivity contribution >= 4 is 11.6 Å². The first-order valence-electron chi connectivity index (χ1n) is 5.50. The summed E-state index contributed by atoms with van der Waals surface area (Å²) >= 11 is 5.80. The monoisotopic (exact) mass is 241 g/mol. The van der Waals surface area contributed by atoms with E-state index >= 15 is 0 Å². The Labute approximate surface area is 100 Å². The summed E-state index contributed by atoms with van der Waals surface area (Å²) in [5.74, 6) is 0.811. The molecule has 1 aromatic rings. The number of hydrogen-bond acceptors (Lipinski definition) is 3. The van der Waals surface area contributed by atoms with E-state index in [1.807, 2.05) is 31.2 Å². The van der Waals surface area contributed by atoms with Crippen LogP contribution in [0.2, 0.25) is 5.02 Å². The summed E-state index contributed by atoms with van der Waals surface area (Å²) in [7, 11) is 0. The lowest BCUT2D eigenvalue weighted by Gasteiger charge is -2.41. The van der Waals surface area contributed by atoms with E-state index in [0.29, 0.717) is 11.6 Å². The van der Waals surface area contributed by atoms with Crippen LogP contribution in [0.25, 0.3) is 0 Å². The van der Waals surface area contributed by atoms with Gasteiger partial charge in [0.1, 0.15) is 18.0 Å². The van der Waals surface area contributed by atoms with Crippen molar-refractivity contribution in [2.24, 2.45) is 5.73 Å². The predicted molar refractivity (Wildman–Crippen MR) is 63.9 cm³/mol. The van der Waals surface area contributed by atoms with Gasteiger partial charge >= 0.3 is 0 Å². The summed E-state index contributed by atoms with van der Waals surface area (Å²) in [6.07, 6.45) is 0.921. The van der Waals surface area contributed by atoms with Gasteiger partial charge in [0, 0.05) is 24.1 Å². The number of halogens is 1. The highest BCUT2D eigenvalue weighted by atomic mass is 35.5. The second-order valence-electron chi connectivity index (χ2n) is 3.93. The molecule has 0 aliphatic heterocycles. The van der Waals surface area contributed by atoms with Gasteiger partial charge in [0.15, 0.2) is 0 Å². The molecule has 0 spiro atoms. The Morgan fingerprint density at radius 3 is 2.62 bits per heavy atom. The van der Waals surface area contributed by atoms with Gasteiger partial charge in [0.2, 0.25) is 0 Å². The molecule has 2 N–H and O–H groups in total. The Hall–Kier alpha value is -0.770. The zero-order valence-electron chi connectivity index (χ0n) is 9.23. The molecule has 3 nitrogen and oxygen atoms in total. The highest BCUT2D eigenvalue weighted by Gasteiger charge is 2.41. The molecule has 2 rings (SSSR count). The lowest BCUT2D eigenvalue weighted by atomic mass is 9.86. The van der Waals surface area contributed by atoms with E-state index in [-0.39, 0.29) is 18.2 Å². The van der Waals surface area contributed by atoms with Crippen molar-refractivity contribution in [2.75, 3.05) is 6.61 Å². The first-order chi connectivity index (χ1) is 7.70. The minimum absolute atomic E-state index is 0.0145. The maximum Gasteiger partial charge on any atom is 0.128 e. The molecular formula is C12H16ClNO2. The first kappa shape index (κ1) is 11.7. The molecule has 1 saturated carbocycles. The van der Waals surface area contributed by atoms with Gasteiger partial charge < -0.3 is 15.2 Å². The first-order valence-corrected chi connectivity index (χ1v) is 5.88. The van der Waals surface area contributed by atoms with Crippen molar-refractivity contribution in [2.45, 2.75) is 31.6 Å². The number of hydrogen-bond donors (Lipinski definition) is 1. The van der Waals surface area contributed by atoms with Gasteiger partial charge in [-0.1, -0.05) is 11.6 Å². The molecule has 16 heavy (non-hydrogen) atoms. The number of ether oxygens (including phenoxy) is 2. The largest absolute Gasteiger partial charge is 0.488 e. The van der Waals surface area contributed by atoms with Crippen LogP contribution in [0.4, 0.5) is 0 Å². The second kappa shape index (κ2) is 5.04. The minimum atomic E-state index is 0.0145. The highest BCUT2D eigenvalue weighted by Crippen LogP contribution is 2.28. The van der Waals surface area contributed by atoms with Crippen LogP contribution >= 0.6 is 11.6 Å². The number of benzene rings is 1. The maximum absolute atomic E-state index is 5.85. The van der Waals surface area contributed by atoms with Crippen molar-refractivity contribution in [1.82, 2.24) is 0 Å². The van der Waals surface area contributed by atoms with E-state index in [2.05, 4.69) is 0 Å². The molecule has 0 amide bonds. The molecule has 1 aromatic carbocycles. The van der Waals surface area contributed by atoms with Crippen LogP contribution in [0.3, 0.4) is 0 Å². The van der Waals surface area contributed by atoms with Crippen molar-refractivity contribution in [1.29, 1.82) is 0 Å². The summed E-state index contributed by atoms with van der Waals surface area (Å²) in [5.41, 5.74) is 5.85. The van der Waals surface area contributed by atoms with Crippen LogP contribution in [-0.4, -0.2) is 24.9 Å². The van der Waals surface area contributed by atoms with Crippen LogP contribution in [0.5, 0.6) is 5.75 Å². The highest BCUT2D eigenvalue weighted by molar-refractivity contribution is 6.30. The molecule has 0 radical (unpaired) electrons. The fraction of sp³-hybridized carbons (Fsp3) is 0.500. The zero-order chi connectivity index (χ0) is 11.5. The lowest BCUT2D eigenvalue weighted by molar-refractivity contribution is -0.0945. The Bertz CT molecular complexity index is 341. The standard InChI is InChI=1S/C12H16ClNO2/c1-2-15-12-10(14)7-11(12)16-9-5-3-8(13)4-6-9/h3-6,10-12H,2,7,14H2,1H3. The van der Waals surface area contributed by atoms with E-state index < -0.39 is 0 Å². The van der Waals surface area contributed by atoms with Crippen molar-refractivity contribution < 1.29 is 9.47 Å². The van der Waals surface area contributed by atoms with Gasteiger partial charge in [-0.25, -0.2) is 0 Å². The van der Waals surface area contributed by atoms with Crippen LogP contribution in [0.1, 0.15) is 13.3 Å².